The van der Waals surface area contributed by atoms with E-state index < -0.39 is 125 Å². The molecule has 2 aliphatic heterocycles. The molecular weight excluding hydrogens is 943 g/mol. The number of amides is 8. The number of rotatable bonds is 12. The van der Waals surface area contributed by atoms with E-state index >= 15 is 4.39 Å². The summed E-state index contributed by atoms with van der Waals surface area (Å²) >= 11 is 12.8. The summed E-state index contributed by atoms with van der Waals surface area (Å²) in [5, 5.41) is 23.5. The van der Waals surface area contributed by atoms with Crippen molar-refractivity contribution in [1.82, 2.24) is 41.3 Å². The Hall–Kier alpha value is -4.76. The van der Waals surface area contributed by atoms with E-state index in [0.717, 1.165) is 9.80 Å². The Morgan fingerprint density at radius 3 is 2.25 bits per heavy atom. The third-order valence-electron chi connectivity index (χ3n) is 13.1. The molecule has 23 heteroatoms. The molecule has 0 bridgehead atoms. The molecule has 7 atom stereocenters. The monoisotopic (exact) mass is 1000 g/mol. The number of nitrogens with zero attached hydrogens (tertiary/aromatic N) is 3. The number of benzene rings is 1. The summed E-state index contributed by atoms with van der Waals surface area (Å²) in [6, 6.07) is -1.86. The predicted molar refractivity (Wildman–Crippen MR) is 240 cm³/mol. The van der Waals surface area contributed by atoms with Crippen LogP contribution < -0.4 is 26.6 Å². The molecule has 2 aliphatic carbocycles. The zero-order valence-electron chi connectivity index (χ0n) is 39.2. The van der Waals surface area contributed by atoms with Crippen molar-refractivity contribution in [3.8, 4) is 0 Å². The van der Waals surface area contributed by atoms with Crippen LogP contribution in [0.25, 0.3) is 0 Å². The van der Waals surface area contributed by atoms with Crippen molar-refractivity contribution in [2.45, 2.75) is 158 Å². The third kappa shape index (κ3) is 12.5. The number of aliphatic hydroxyl groups is 1. The molecule has 5 rings (SSSR count). The maximum absolute atomic E-state index is 15.1. The van der Waals surface area contributed by atoms with Crippen molar-refractivity contribution >= 4 is 70.5 Å². The first-order valence-electron chi connectivity index (χ1n) is 22.8. The zero-order valence-corrected chi connectivity index (χ0v) is 40.7. The highest BCUT2D eigenvalue weighted by Gasteiger charge is 2.62. The van der Waals surface area contributed by atoms with Crippen LogP contribution in [-0.4, -0.2) is 153 Å². The van der Waals surface area contributed by atoms with Gasteiger partial charge in [0.25, 0.3) is 5.91 Å². The van der Waals surface area contributed by atoms with Crippen molar-refractivity contribution in [3.05, 3.63) is 33.8 Å². The molecule has 378 valence electrons. The molecule has 0 aromatic heterocycles. The zero-order chi connectivity index (χ0) is 50.8. The minimum atomic E-state index is -5.38. The van der Waals surface area contributed by atoms with E-state index in [1.807, 2.05) is 19.2 Å². The van der Waals surface area contributed by atoms with Crippen molar-refractivity contribution in [2.24, 2.45) is 11.8 Å². The van der Waals surface area contributed by atoms with E-state index in [-0.39, 0.29) is 62.9 Å². The van der Waals surface area contributed by atoms with Gasteiger partial charge in [-0.15, -0.1) is 0 Å². The third-order valence-corrected chi connectivity index (χ3v) is 13.8. The van der Waals surface area contributed by atoms with Gasteiger partial charge >= 0.3 is 6.18 Å². The molecule has 0 spiro atoms. The second-order valence-electron chi connectivity index (χ2n) is 19.7. The number of likely N-dealkylation sites (tertiary alicyclic amines) is 1. The molecule has 17 nitrogen and oxygen atoms in total. The lowest BCUT2D eigenvalue weighted by molar-refractivity contribution is -0.245. The minimum Gasteiger partial charge on any atom is -0.373 e. The maximum Gasteiger partial charge on any atom is 0.426 e. The molecular formula is C45H62Cl2F4N8O9. The standard InChI is InChI=1S/C45H62Cl2F4N8O9/c1-23(2)18-29-37(63)58(7)31(20-25-19-26(46)13-14-28(25)47)36(62)55-42(3,4)39(65)52-17-9-8-10-30(34(60)53-29)57(6)38(64)33(24-11-12-24)54-35(61)32-21-27(48)22-59(32)41(67)44(15-16-44)56-40(66)43(5,68)45(49,50)51/h13-14,19,23-24,27,29-33,68H,8-12,15-18,20-22H2,1-7H3,(H,52,65)(H,53,60)(H,54,61)(H,55,62)(H,56,66)/t27-,29+,30+,31+,32+,33+,43+/m1/s1. The highest BCUT2D eigenvalue weighted by Crippen LogP contribution is 2.42. The van der Waals surface area contributed by atoms with Gasteiger partial charge < -0.3 is 46.4 Å². The fourth-order valence-corrected chi connectivity index (χ4v) is 8.85. The Labute approximate surface area is 402 Å². The van der Waals surface area contributed by atoms with Crippen LogP contribution in [0.5, 0.6) is 0 Å². The van der Waals surface area contributed by atoms with Crippen LogP contribution in [0.1, 0.15) is 98.0 Å². The van der Waals surface area contributed by atoms with Gasteiger partial charge in [0.2, 0.25) is 47.0 Å². The summed E-state index contributed by atoms with van der Waals surface area (Å²) < 4.78 is 55.4. The topological polar surface area (TPSA) is 227 Å². The van der Waals surface area contributed by atoms with Gasteiger partial charge in [-0.2, -0.15) is 13.2 Å². The lowest BCUT2D eigenvalue weighted by Crippen LogP contribution is -2.63. The van der Waals surface area contributed by atoms with E-state index in [0.29, 0.717) is 29.8 Å². The van der Waals surface area contributed by atoms with Crippen LogP contribution in [0.15, 0.2) is 18.2 Å². The highest BCUT2D eigenvalue weighted by molar-refractivity contribution is 6.33. The number of carbonyl (C=O) groups is 8. The highest BCUT2D eigenvalue weighted by atomic mass is 35.5. The van der Waals surface area contributed by atoms with Crippen molar-refractivity contribution in [1.29, 1.82) is 0 Å². The van der Waals surface area contributed by atoms with Gasteiger partial charge in [0.05, 0.1) is 6.54 Å². The van der Waals surface area contributed by atoms with Crippen LogP contribution in [-0.2, 0) is 44.8 Å². The minimum absolute atomic E-state index is 0.0349. The summed E-state index contributed by atoms with van der Waals surface area (Å²) in [6.45, 7) is 6.41. The Morgan fingerprint density at radius 2 is 1.66 bits per heavy atom. The SMILES string of the molecule is CC(C)C[C@@H]1NC(=O)[C@@H](N(C)C(=O)[C@@H](NC(=O)[C@@H]2C[C@@H](F)CN2C(=O)C2(NC(=O)[C@](C)(O)C(F)(F)F)CC2)C2CC2)CCCCNC(=O)C(C)(C)NC(=O)[C@H](Cc2cc(Cl)ccc2Cl)N(C)C1=O. The fraction of sp³-hybridized carbons (Fsp3) is 0.689. The maximum atomic E-state index is 15.1. The molecule has 8 amide bonds. The van der Waals surface area contributed by atoms with E-state index in [1.165, 1.54) is 32.8 Å². The van der Waals surface area contributed by atoms with E-state index in [9.17, 15) is 56.6 Å². The fourth-order valence-electron chi connectivity index (χ4n) is 8.46. The summed E-state index contributed by atoms with van der Waals surface area (Å²) in [5.74, 6) is -7.74. The smallest absolute Gasteiger partial charge is 0.373 e. The Morgan fingerprint density at radius 1 is 1.01 bits per heavy atom. The summed E-state index contributed by atoms with van der Waals surface area (Å²) in [5.41, 5.74) is -6.77. The largest absolute Gasteiger partial charge is 0.426 e. The van der Waals surface area contributed by atoms with Gasteiger partial charge in [-0.3, -0.25) is 38.4 Å². The second-order valence-corrected chi connectivity index (χ2v) is 20.5. The van der Waals surface area contributed by atoms with Crippen LogP contribution in [0, 0.1) is 11.8 Å². The molecule has 1 aromatic rings. The van der Waals surface area contributed by atoms with Crippen LogP contribution in [0.2, 0.25) is 10.0 Å². The molecule has 2 heterocycles. The van der Waals surface area contributed by atoms with E-state index in [2.05, 4.69) is 21.3 Å². The number of likely N-dealkylation sites (N-methyl/N-ethyl adjacent to an activating group) is 2. The molecule has 4 aliphatic rings. The van der Waals surface area contributed by atoms with Gasteiger partial charge in [0.15, 0.2) is 0 Å². The molecule has 6 N–H and O–H groups in total. The lowest BCUT2D eigenvalue weighted by Gasteiger charge is -2.36. The summed E-state index contributed by atoms with van der Waals surface area (Å²) in [6.07, 6.45) is -6.32. The van der Waals surface area contributed by atoms with Crippen LogP contribution in [0.3, 0.4) is 0 Å². The average Bonchev–Trinajstić information content (AvgIpc) is 4.19. The van der Waals surface area contributed by atoms with E-state index in [4.69, 9.17) is 23.2 Å². The summed E-state index contributed by atoms with van der Waals surface area (Å²) in [4.78, 5) is 115. The van der Waals surface area contributed by atoms with Gasteiger partial charge in [-0.25, -0.2) is 4.39 Å². The quantitative estimate of drug-likeness (QED) is 0.169. The molecule has 2 saturated heterocycles. The average molecular weight is 1010 g/mol. The van der Waals surface area contributed by atoms with Gasteiger partial charge in [-0.05, 0) is 108 Å². The number of alkyl halides is 4. The molecule has 4 fully saturated rings. The number of halogens is 6. The van der Waals surface area contributed by atoms with Gasteiger partial charge in [0, 0.05) is 43.5 Å². The normalized spacial score (nSPS) is 26.2. The van der Waals surface area contributed by atoms with Crippen molar-refractivity contribution in [3.63, 3.8) is 0 Å². The second kappa shape index (κ2) is 21.1. The first kappa shape index (κ1) is 54.2. The van der Waals surface area contributed by atoms with Crippen molar-refractivity contribution in [2.75, 3.05) is 27.2 Å². The van der Waals surface area contributed by atoms with Crippen molar-refractivity contribution < 1.29 is 61.0 Å². The molecule has 0 radical (unpaired) electrons. The Bertz CT molecular complexity index is 2140. The number of nitrogens with one attached hydrogen (secondary N) is 5. The van der Waals surface area contributed by atoms with Crippen LogP contribution >= 0.6 is 23.2 Å². The Kier molecular flexibility index (Phi) is 16.8. The van der Waals surface area contributed by atoms with Crippen LogP contribution in [0.4, 0.5) is 17.6 Å². The molecule has 2 saturated carbocycles. The van der Waals surface area contributed by atoms with Gasteiger partial charge in [-0.1, -0.05) is 37.0 Å². The number of hydrogen-bond acceptors (Lipinski definition) is 9. The number of carbonyl (C=O) groups excluding carboxylic acids is 8. The predicted octanol–water partition coefficient (Wildman–Crippen LogP) is 2.71. The molecule has 1 aromatic carbocycles. The molecule has 68 heavy (non-hydrogen) atoms. The number of hydrogen-bond donors (Lipinski definition) is 6. The van der Waals surface area contributed by atoms with Gasteiger partial charge in [0.1, 0.15) is 47.5 Å². The molecule has 0 unspecified atom stereocenters. The first-order chi connectivity index (χ1) is 31.5. The van der Waals surface area contributed by atoms with E-state index in [1.54, 1.807) is 18.2 Å². The summed E-state index contributed by atoms with van der Waals surface area (Å²) in [7, 11) is 2.75. The lowest BCUT2D eigenvalue weighted by atomic mass is 9.97. The first-order valence-corrected chi connectivity index (χ1v) is 23.5. The Balaban J connectivity index is 1.39.